The molecular weight excluding hydrogens is 262 g/mol. The van der Waals surface area contributed by atoms with Crippen molar-refractivity contribution in [2.45, 2.75) is 38.2 Å². The smallest absolute Gasteiger partial charge is 0.316 e. The maximum Gasteiger partial charge on any atom is 0.316 e. The Hall–Kier alpha value is -1.49. The summed E-state index contributed by atoms with van der Waals surface area (Å²) in [5.41, 5.74) is 6.16. The number of hydrogen-bond acceptors (Lipinski definition) is 5. The summed E-state index contributed by atoms with van der Waals surface area (Å²) in [5.74, 6) is -0.158. The molecule has 0 aliphatic rings. The van der Waals surface area contributed by atoms with E-state index in [0.29, 0.717) is 11.3 Å². The number of carbonyl (C=O) groups is 2. The zero-order valence-electron chi connectivity index (χ0n) is 11.6. The molecule has 1 rings (SSSR count). The van der Waals surface area contributed by atoms with E-state index in [0.717, 1.165) is 4.90 Å². The van der Waals surface area contributed by atoms with Crippen molar-refractivity contribution in [2.24, 2.45) is 0 Å². The van der Waals surface area contributed by atoms with E-state index in [1.165, 1.54) is 18.7 Å². The van der Waals surface area contributed by atoms with Gasteiger partial charge in [0.1, 0.15) is 5.60 Å². The van der Waals surface area contributed by atoms with Crippen LogP contribution in [0.2, 0.25) is 0 Å². The van der Waals surface area contributed by atoms with Gasteiger partial charge in [0.05, 0.1) is 5.75 Å². The van der Waals surface area contributed by atoms with E-state index in [1.54, 1.807) is 18.2 Å². The maximum absolute atomic E-state index is 11.6. The second-order valence-electron chi connectivity index (χ2n) is 5.18. The first-order chi connectivity index (χ1) is 8.69. The molecule has 0 heterocycles. The third-order valence-electron chi connectivity index (χ3n) is 2.18. The SMILES string of the molecule is CC(=O)c1cc(SCC(=O)OC(C)(C)C)ccc1N. The van der Waals surface area contributed by atoms with E-state index in [4.69, 9.17) is 10.5 Å². The van der Waals surface area contributed by atoms with Gasteiger partial charge in [0.25, 0.3) is 0 Å². The molecule has 0 unspecified atom stereocenters. The van der Waals surface area contributed by atoms with Crippen molar-refractivity contribution in [1.82, 2.24) is 0 Å². The van der Waals surface area contributed by atoms with Crippen LogP contribution in [0.5, 0.6) is 0 Å². The highest BCUT2D eigenvalue weighted by Gasteiger charge is 2.16. The first-order valence-corrected chi connectivity index (χ1v) is 6.93. The molecule has 0 aliphatic carbocycles. The van der Waals surface area contributed by atoms with Crippen molar-refractivity contribution in [2.75, 3.05) is 11.5 Å². The molecule has 0 aliphatic heterocycles. The van der Waals surface area contributed by atoms with Crippen LogP contribution in [-0.4, -0.2) is 23.1 Å². The number of ketones is 1. The Kier molecular flexibility index (Phi) is 5.00. The number of hydrogen-bond donors (Lipinski definition) is 1. The van der Waals surface area contributed by atoms with Crippen LogP contribution in [0.15, 0.2) is 23.1 Å². The number of thioether (sulfide) groups is 1. The summed E-state index contributed by atoms with van der Waals surface area (Å²) in [6, 6.07) is 5.16. The largest absolute Gasteiger partial charge is 0.459 e. The zero-order valence-corrected chi connectivity index (χ0v) is 12.5. The third kappa shape index (κ3) is 5.34. The molecule has 0 atom stereocenters. The molecule has 19 heavy (non-hydrogen) atoms. The zero-order chi connectivity index (χ0) is 14.6. The second kappa shape index (κ2) is 6.10. The van der Waals surface area contributed by atoms with Gasteiger partial charge in [-0.3, -0.25) is 9.59 Å². The maximum atomic E-state index is 11.6. The van der Waals surface area contributed by atoms with Crippen molar-refractivity contribution < 1.29 is 14.3 Å². The van der Waals surface area contributed by atoms with Crippen LogP contribution in [0, 0.1) is 0 Å². The predicted molar refractivity (Wildman–Crippen MR) is 77.4 cm³/mol. The number of ether oxygens (including phenoxy) is 1. The van der Waals surface area contributed by atoms with Crippen molar-refractivity contribution >= 4 is 29.2 Å². The Bertz CT molecular complexity index is 492. The van der Waals surface area contributed by atoms with Gasteiger partial charge in [0.2, 0.25) is 0 Å². The number of rotatable bonds is 4. The van der Waals surface area contributed by atoms with E-state index in [2.05, 4.69) is 0 Å². The van der Waals surface area contributed by atoms with Crippen LogP contribution in [0.25, 0.3) is 0 Å². The van der Waals surface area contributed by atoms with Crippen LogP contribution in [0.1, 0.15) is 38.1 Å². The number of Topliss-reactive ketones (excluding diaryl/α,β-unsaturated/α-hetero) is 1. The lowest BCUT2D eigenvalue weighted by Gasteiger charge is -2.19. The lowest BCUT2D eigenvalue weighted by atomic mass is 10.1. The highest BCUT2D eigenvalue weighted by Crippen LogP contribution is 2.24. The van der Waals surface area contributed by atoms with Gasteiger partial charge in [0, 0.05) is 16.1 Å². The van der Waals surface area contributed by atoms with Gasteiger partial charge in [-0.2, -0.15) is 0 Å². The van der Waals surface area contributed by atoms with Gasteiger partial charge in [-0.1, -0.05) is 0 Å². The van der Waals surface area contributed by atoms with Gasteiger partial charge in [-0.15, -0.1) is 11.8 Å². The van der Waals surface area contributed by atoms with Crippen molar-refractivity contribution in [1.29, 1.82) is 0 Å². The molecule has 0 amide bonds. The number of nitrogen functional groups attached to an aromatic ring is 1. The average molecular weight is 281 g/mol. The summed E-state index contributed by atoms with van der Waals surface area (Å²) in [7, 11) is 0. The summed E-state index contributed by atoms with van der Waals surface area (Å²) in [6.07, 6.45) is 0. The van der Waals surface area contributed by atoms with E-state index in [-0.39, 0.29) is 17.5 Å². The number of esters is 1. The Morgan fingerprint density at radius 3 is 2.47 bits per heavy atom. The molecule has 2 N–H and O–H groups in total. The molecule has 104 valence electrons. The summed E-state index contributed by atoms with van der Waals surface area (Å²) in [4.78, 5) is 23.8. The molecular formula is C14H19NO3S. The minimum atomic E-state index is -0.483. The van der Waals surface area contributed by atoms with Crippen molar-refractivity contribution in [3.63, 3.8) is 0 Å². The standard InChI is InChI=1S/C14H19NO3S/c1-9(16)11-7-10(5-6-12(11)15)19-8-13(17)18-14(2,3)4/h5-7H,8,15H2,1-4H3. The number of benzene rings is 1. The monoisotopic (exact) mass is 281 g/mol. The molecule has 1 aromatic rings. The minimum Gasteiger partial charge on any atom is -0.459 e. The van der Waals surface area contributed by atoms with Gasteiger partial charge < -0.3 is 10.5 Å². The van der Waals surface area contributed by atoms with Gasteiger partial charge >= 0.3 is 5.97 Å². The average Bonchev–Trinajstić information content (AvgIpc) is 2.25. The molecule has 0 bridgehead atoms. The second-order valence-corrected chi connectivity index (χ2v) is 6.23. The number of anilines is 1. The van der Waals surface area contributed by atoms with E-state index in [1.807, 2.05) is 20.8 Å². The van der Waals surface area contributed by atoms with Gasteiger partial charge in [0.15, 0.2) is 5.78 Å². The molecule has 1 aromatic carbocycles. The molecule has 0 saturated heterocycles. The van der Waals surface area contributed by atoms with E-state index in [9.17, 15) is 9.59 Å². The van der Waals surface area contributed by atoms with E-state index >= 15 is 0 Å². The topological polar surface area (TPSA) is 69.4 Å². The Labute approximate surface area is 117 Å². The number of carbonyl (C=O) groups excluding carboxylic acids is 2. The molecule has 0 saturated carbocycles. The van der Waals surface area contributed by atoms with Crippen molar-refractivity contribution in [3.8, 4) is 0 Å². The lowest BCUT2D eigenvalue weighted by molar-refractivity contribution is -0.151. The third-order valence-corrected chi connectivity index (χ3v) is 3.15. The highest BCUT2D eigenvalue weighted by atomic mass is 32.2. The lowest BCUT2D eigenvalue weighted by Crippen LogP contribution is -2.24. The first kappa shape index (κ1) is 15.6. The van der Waals surface area contributed by atoms with E-state index < -0.39 is 5.60 Å². The Morgan fingerprint density at radius 2 is 1.95 bits per heavy atom. The first-order valence-electron chi connectivity index (χ1n) is 5.94. The fourth-order valence-corrected chi connectivity index (χ4v) is 2.15. The van der Waals surface area contributed by atoms with Gasteiger partial charge in [-0.25, -0.2) is 0 Å². The fraction of sp³-hybridized carbons (Fsp3) is 0.429. The summed E-state index contributed by atoms with van der Waals surface area (Å²) in [6.45, 7) is 6.94. The van der Waals surface area contributed by atoms with Crippen LogP contribution in [-0.2, 0) is 9.53 Å². The summed E-state index contributed by atoms with van der Waals surface area (Å²) in [5, 5.41) is 0. The Morgan fingerprint density at radius 1 is 1.32 bits per heavy atom. The molecule has 0 aromatic heterocycles. The summed E-state index contributed by atoms with van der Waals surface area (Å²) >= 11 is 1.33. The molecule has 4 nitrogen and oxygen atoms in total. The molecule has 0 spiro atoms. The summed E-state index contributed by atoms with van der Waals surface area (Å²) < 4.78 is 5.21. The number of nitrogens with two attached hydrogens (primary N) is 1. The van der Waals surface area contributed by atoms with Crippen LogP contribution >= 0.6 is 11.8 Å². The van der Waals surface area contributed by atoms with Gasteiger partial charge in [-0.05, 0) is 45.9 Å². The fourth-order valence-electron chi connectivity index (χ4n) is 1.44. The molecule has 5 heteroatoms. The molecule has 0 radical (unpaired) electrons. The van der Waals surface area contributed by atoms with Crippen LogP contribution in [0.4, 0.5) is 5.69 Å². The quantitative estimate of drug-likeness (QED) is 0.398. The minimum absolute atomic E-state index is 0.0859. The highest BCUT2D eigenvalue weighted by molar-refractivity contribution is 8.00. The predicted octanol–water partition coefficient (Wildman–Crippen LogP) is 2.91. The normalized spacial score (nSPS) is 11.2. The van der Waals surface area contributed by atoms with Crippen molar-refractivity contribution in [3.05, 3.63) is 23.8 Å². The van der Waals surface area contributed by atoms with Crippen LogP contribution < -0.4 is 5.73 Å². The molecule has 0 fully saturated rings. The van der Waals surface area contributed by atoms with Crippen LogP contribution in [0.3, 0.4) is 0 Å². The Balaban J connectivity index is 2.66.